The molecule has 0 amide bonds. The summed E-state index contributed by atoms with van der Waals surface area (Å²) in [5.41, 5.74) is 0.694. The van der Waals surface area contributed by atoms with E-state index in [4.69, 9.17) is 3.63 Å². The van der Waals surface area contributed by atoms with E-state index in [1.807, 2.05) is 6.07 Å². The van der Waals surface area contributed by atoms with Gasteiger partial charge in [0.2, 0.25) is 0 Å². The van der Waals surface area contributed by atoms with Crippen molar-refractivity contribution in [2.24, 2.45) is 0 Å². The molecule has 0 aliphatic heterocycles. The minimum Gasteiger partial charge on any atom is -0.248 e. The lowest BCUT2D eigenvalue weighted by Crippen LogP contribution is -2.04. The van der Waals surface area contributed by atoms with Gasteiger partial charge in [-0.2, -0.15) is 12.0 Å². The molecule has 94 valence electrons. The van der Waals surface area contributed by atoms with E-state index >= 15 is 0 Å². The lowest BCUT2D eigenvalue weighted by atomic mass is 10.2. The van der Waals surface area contributed by atoms with E-state index in [0.717, 1.165) is 12.0 Å². The van der Waals surface area contributed by atoms with Gasteiger partial charge >= 0.3 is 0 Å². The molecule has 0 aliphatic rings. The van der Waals surface area contributed by atoms with Gasteiger partial charge in [0.25, 0.3) is 10.1 Å². The molecule has 1 aromatic heterocycles. The number of benzene rings is 1. The van der Waals surface area contributed by atoms with Gasteiger partial charge in [0.15, 0.2) is 0 Å². The average Bonchev–Trinajstić information content (AvgIpc) is 2.38. The number of aromatic nitrogens is 1. The Morgan fingerprint density at radius 2 is 1.78 bits per heavy atom. The lowest BCUT2D eigenvalue weighted by Gasteiger charge is -2.03. The second-order valence-electron chi connectivity index (χ2n) is 3.51. The lowest BCUT2D eigenvalue weighted by molar-refractivity contribution is 0.516. The van der Waals surface area contributed by atoms with Crippen molar-refractivity contribution in [1.29, 1.82) is 0 Å². The van der Waals surface area contributed by atoms with Crippen LogP contribution in [-0.2, 0) is 19.5 Å². The van der Waals surface area contributed by atoms with Gasteiger partial charge in [0.05, 0.1) is 12.0 Å². The van der Waals surface area contributed by atoms with Crippen molar-refractivity contribution in [3.05, 3.63) is 60.3 Å². The first kappa shape index (κ1) is 13.1. The molecule has 0 N–H and O–H groups in total. The standard InChI is InChI=1S/C12H11NO3S2/c14-18(15,10-11-6-2-1-3-7-11)16-17-12-8-4-5-9-13-12/h1-9H,10H2. The summed E-state index contributed by atoms with van der Waals surface area (Å²) in [6, 6.07) is 14.1. The Balaban J connectivity index is 1.96. The van der Waals surface area contributed by atoms with Gasteiger partial charge in [-0.15, -0.1) is 0 Å². The molecule has 0 bridgehead atoms. The van der Waals surface area contributed by atoms with Crippen molar-refractivity contribution in [3.8, 4) is 0 Å². The van der Waals surface area contributed by atoms with Crippen LogP contribution in [0, 0.1) is 0 Å². The predicted molar refractivity (Wildman–Crippen MR) is 70.2 cm³/mol. The molecular weight excluding hydrogens is 270 g/mol. The van der Waals surface area contributed by atoms with E-state index in [-0.39, 0.29) is 5.75 Å². The van der Waals surface area contributed by atoms with Crippen LogP contribution in [-0.4, -0.2) is 13.4 Å². The Bertz CT molecular complexity index is 585. The molecule has 2 rings (SSSR count). The summed E-state index contributed by atoms with van der Waals surface area (Å²) in [5.74, 6) is -0.145. The summed E-state index contributed by atoms with van der Waals surface area (Å²) in [7, 11) is -3.61. The summed E-state index contributed by atoms with van der Waals surface area (Å²) in [4.78, 5) is 3.96. The highest BCUT2D eigenvalue weighted by Crippen LogP contribution is 2.20. The van der Waals surface area contributed by atoms with Crippen LogP contribution in [0.4, 0.5) is 0 Å². The van der Waals surface area contributed by atoms with E-state index in [9.17, 15) is 8.42 Å². The summed E-state index contributed by atoms with van der Waals surface area (Å²) in [6.45, 7) is 0. The monoisotopic (exact) mass is 281 g/mol. The Labute approximate surface area is 110 Å². The van der Waals surface area contributed by atoms with Gasteiger partial charge in [-0.3, -0.25) is 0 Å². The van der Waals surface area contributed by atoms with Crippen LogP contribution in [0.5, 0.6) is 0 Å². The molecule has 0 saturated heterocycles. The molecule has 0 unspecified atom stereocenters. The van der Waals surface area contributed by atoms with Crippen LogP contribution in [0.3, 0.4) is 0 Å². The minimum absolute atomic E-state index is 0.145. The summed E-state index contributed by atoms with van der Waals surface area (Å²) < 4.78 is 28.3. The Kier molecular flexibility index (Phi) is 4.35. The van der Waals surface area contributed by atoms with Gasteiger partial charge < -0.3 is 0 Å². The van der Waals surface area contributed by atoms with E-state index in [0.29, 0.717) is 10.6 Å². The highest BCUT2D eigenvalue weighted by molar-refractivity contribution is 8.04. The summed E-state index contributed by atoms with van der Waals surface area (Å²) >= 11 is 0.748. The first-order chi connectivity index (χ1) is 8.66. The Hall–Kier alpha value is -1.37. The third-order valence-corrected chi connectivity index (χ3v) is 4.25. The smallest absolute Gasteiger partial charge is 0.248 e. The second kappa shape index (κ2) is 5.99. The van der Waals surface area contributed by atoms with Crippen LogP contribution in [0.15, 0.2) is 59.8 Å². The summed E-state index contributed by atoms with van der Waals surface area (Å²) in [5, 5.41) is 0.508. The zero-order chi connectivity index (χ0) is 12.8. The normalized spacial score (nSPS) is 11.3. The predicted octanol–water partition coefficient (Wildman–Crippen LogP) is 2.64. The largest absolute Gasteiger partial charge is 0.282 e. The molecule has 1 heterocycles. The van der Waals surface area contributed by atoms with Gasteiger partial charge in [-0.05, 0) is 17.7 Å². The SMILES string of the molecule is O=S(=O)(Cc1ccccc1)OSc1ccccn1. The van der Waals surface area contributed by atoms with Crippen molar-refractivity contribution in [2.45, 2.75) is 10.8 Å². The maximum absolute atomic E-state index is 11.7. The van der Waals surface area contributed by atoms with Crippen LogP contribution in [0.2, 0.25) is 0 Å². The van der Waals surface area contributed by atoms with Gasteiger partial charge in [0.1, 0.15) is 10.8 Å². The molecule has 0 atom stereocenters. The third-order valence-electron chi connectivity index (χ3n) is 2.05. The molecule has 0 spiro atoms. The maximum atomic E-state index is 11.7. The molecule has 2 aromatic rings. The Morgan fingerprint density at radius 3 is 2.44 bits per heavy atom. The van der Waals surface area contributed by atoms with E-state index in [1.165, 1.54) is 0 Å². The third kappa shape index (κ3) is 4.14. The Morgan fingerprint density at radius 1 is 1.06 bits per heavy atom. The first-order valence-corrected chi connectivity index (χ1v) is 7.51. The fourth-order valence-corrected chi connectivity index (χ4v) is 3.01. The number of nitrogens with zero attached hydrogens (tertiary/aromatic N) is 1. The van der Waals surface area contributed by atoms with Crippen molar-refractivity contribution in [1.82, 2.24) is 4.98 Å². The van der Waals surface area contributed by atoms with Gasteiger partial charge in [0, 0.05) is 6.20 Å². The van der Waals surface area contributed by atoms with Crippen LogP contribution in [0.1, 0.15) is 5.56 Å². The molecular formula is C12H11NO3S2. The minimum atomic E-state index is -3.61. The van der Waals surface area contributed by atoms with Crippen LogP contribution in [0.25, 0.3) is 0 Å². The average molecular weight is 281 g/mol. The number of hydrogen-bond donors (Lipinski definition) is 0. The van der Waals surface area contributed by atoms with Crippen molar-refractivity contribution < 1.29 is 12.0 Å². The van der Waals surface area contributed by atoms with Crippen LogP contribution >= 0.6 is 12.0 Å². The first-order valence-electron chi connectivity index (χ1n) is 5.19. The second-order valence-corrected chi connectivity index (χ2v) is 6.04. The quantitative estimate of drug-likeness (QED) is 0.789. The summed E-state index contributed by atoms with van der Waals surface area (Å²) in [6.07, 6.45) is 1.58. The van der Waals surface area contributed by atoms with Crippen LogP contribution < -0.4 is 0 Å². The highest BCUT2D eigenvalue weighted by Gasteiger charge is 2.14. The fraction of sp³-hybridized carbons (Fsp3) is 0.0833. The fourth-order valence-electron chi connectivity index (χ4n) is 1.29. The number of pyridine rings is 1. The van der Waals surface area contributed by atoms with Crippen molar-refractivity contribution in [2.75, 3.05) is 0 Å². The molecule has 18 heavy (non-hydrogen) atoms. The number of rotatable bonds is 5. The number of hydrogen-bond acceptors (Lipinski definition) is 5. The van der Waals surface area contributed by atoms with Crippen molar-refractivity contribution in [3.63, 3.8) is 0 Å². The van der Waals surface area contributed by atoms with E-state index in [2.05, 4.69) is 4.98 Å². The molecule has 6 heteroatoms. The van der Waals surface area contributed by atoms with E-state index < -0.39 is 10.1 Å². The zero-order valence-corrected chi connectivity index (χ0v) is 11.0. The van der Waals surface area contributed by atoms with E-state index in [1.54, 1.807) is 48.7 Å². The molecule has 0 aliphatic carbocycles. The van der Waals surface area contributed by atoms with Gasteiger partial charge in [-0.25, -0.2) is 4.98 Å². The molecule has 4 nitrogen and oxygen atoms in total. The zero-order valence-electron chi connectivity index (χ0n) is 9.39. The molecule has 0 radical (unpaired) electrons. The topological polar surface area (TPSA) is 56.3 Å². The van der Waals surface area contributed by atoms with Crippen molar-refractivity contribution >= 4 is 22.2 Å². The molecule has 1 aromatic carbocycles. The van der Waals surface area contributed by atoms with Gasteiger partial charge in [-0.1, -0.05) is 36.4 Å². The molecule has 0 fully saturated rings. The maximum Gasteiger partial charge on any atom is 0.282 e. The highest BCUT2D eigenvalue weighted by atomic mass is 32.3. The molecule has 0 saturated carbocycles.